The summed E-state index contributed by atoms with van der Waals surface area (Å²) in [5, 5.41) is 2.73. The molecule has 0 saturated heterocycles. The van der Waals surface area contributed by atoms with Crippen LogP contribution in [0, 0.1) is 12.7 Å². The third-order valence-corrected chi connectivity index (χ3v) is 6.50. The van der Waals surface area contributed by atoms with Crippen molar-refractivity contribution in [3.8, 4) is 5.75 Å². The van der Waals surface area contributed by atoms with Crippen molar-refractivity contribution in [2.75, 3.05) is 17.7 Å². The highest BCUT2D eigenvalue weighted by Gasteiger charge is 2.33. The number of nitrogens with zero attached hydrogens (tertiary/aromatic N) is 1. The van der Waals surface area contributed by atoms with Gasteiger partial charge in [-0.05, 0) is 55.2 Å². The number of ether oxygens (including phenoxy) is 1. The number of nitrogens with one attached hydrogen (secondary N) is 1. The third-order valence-electron chi connectivity index (χ3n) is 5.03. The summed E-state index contributed by atoms with van der Waals surface area (Å²) in [4.78, 5) is 13.2. The topological polar surface area (TPSA) is 75.7 Å². The average molecular weight is 471 g/mol. The lowest BCUT2D eigenvalue weighted by atomic mass is 10.0. The summed E-state index contributed by atoms with van der Waals surface area (Å²) in [6.45, 7) is 5.56. The van der Waals surface area contributed by atoms with E-state index < -0.39 is 27.8 Å². The molecule has 0 bridgehead atoms. The van der Waals surface area contributed by atoms with Crippen molar-refractivity contribution in [1.82, 2.24) is 5.32 Å². The molecule has 0 radical (unpaired) electrons. The van der Waals surface area contributed by atoms with E-state index in [-0.39, 0.29) is 23.2 Å². The molecule has 2 aromatic rings. The van der Waals surface area contributed by atoms with Crippen LogP contribution >= 0.6 is 11.6 Å². The van der Waals surface area contributed by atoms with Gasteiger partial charge in [-0.1, -0.05) is 37.6 Å². The summed E-state index contributed by atoms with van der Waals surface area (Å²) in [5.74, 6) is -0.376. The van der Waals surface area contributed by atoms with Gasteiger partial charge in [0.1, 0.15) is 17.6 Å². The minimum Gasteiger partial charge on any atom is -0.496 e. The molecule has 0 spiro atoms. The minimum absolute atomic E-state index is 0.129. The van der Waals surface area contributed by atoms with Gasteiger partial charge in [0.15, 0.2) is 0 Å². The molecule has 170 valence electrons. The number of rotatable bonds is 9. The highest BCUT2D eigenvalue weighted by molar-refractivity contribution is 7.92. The van der Waals surface area contributed by atoms with Gasteiger partial charge in [-0.25, -0.2) is 12.8 Å². The molecule has 2 atom stereocenters. The second kappa shape index (κ2) is 10.3. The van der Waals surface area contributed by atoms with E-state index in [1.165, 1.54) is 12.1 Å². The van der Waals surface area contributed by atoms with E-state index in [1.807, 2.05) is 32.0 Å². The molecule has 0 saturated carbocycles. The maximum absolute atomic E-state index is 13.6. The van der Waals surface area contributed by atoms with Gasteiger partial charge < -0.3 is 10.1 Å². The Hall–Kier alpha value is -2.32. The highest BCUT2D eigenvalue weighted by atomic mass is 35.5. The van der Waals surface area contributed by atoms with Gasteiger partial charge in [-0.2, -0.15) is 0 Å². The molecular formula is C22H28ClFN2O4S. The molecule has 0 aromatic heterocycles. The van der Waals surface area contributed by atoms with Gasteiger partial charge in [0.25, 0.3) is 0 Å². The van der Waals surface area contributed by atoms with Gasteiger partial charge in [-0.3, -0.25) is 9.10 Å². The number of hydrogen-bond donors (Lipinski definition) is 1. The summed E-state index contributed by atoms with van der Waals surface area (Å²) in [6, 6.07) is 7.88. The number of benzene rings is 2. The van der Waals surface area contributed by atoms with Crippen molar-refractivity contribution < 1.29 is 22.3 Å². The average Bonchev–Trinajstić information content (AvgIpc) is 2.71. The van der Waals surface area contributed by atoms with Crippen LogP contribution in [0.1, 0.15) is 43.9 Å². The largest absolute Gasteiger partial charge is 0.496 e. The molecule has 0 unspecified atom stereocenters. The Labute approximate surface area is 188 Å². The fourth-order valence-corrected chi connectivity index (χ4v) is 4.87. The van der Waals surface area contributed by atoms with Gasteiger partial charge in [0.05, 0.1) is 30.1 Å². The fraction of sp³-hybridized carbons (Fsp3) is 0.409. The van der Waals surface area contributed by atoms with Crippen molar-refractivity contribution in [3.05, 3.63) is 58.4 Å². The molecular weight excluding hydrogens is 443 g/mol. The Morgan fingerprint density at radius 3 is 2.35 bits per heavy atom. The maximum atomic E-state index is 13.6. The first kappa shape index (κ1) is 24.9. The van der Waals surface area contributed by atoms with Crippen LogP contribution in [0.15, 0.2) is 36.4 Å². The molecule has 31 heavy (non-hydrogen) atoms. The summed E-state index contributed by atoms with van der Waals surface area (Å²) in [5.41, 5.74) is 1.95. The molecule has 9 heteroatoms. The van der Waals surface area contributed by atoms with E-state index in [4.69, 9.17) is 16.3 Å². The van der Waals surface area contributed by atoms with Crippen LogP contribution in [0.2, 0.25) is 5.02 Å². The van der Waals surface area contributed by atoms with Crippen molar-refractivity contribution >= 4 is 33.2 Å². The molecule has 1 N–H and O–H groups in total. The normalized spacial score (nSPS) is 13.4. The number of anilines is 1. The Morgan fingerprint density at radius 1 is 1.19 bits per heavy atom. The lowest BCUT2D eigenvalue weighted by Crippen LogP contribution is -2.50. The first-order valence-corrected chi connectivity index (χ1v) is 12.1. The summed E-state index contributed by atoms with van der Waals surface area (Å²) in [6.07, 6.45) is 1.82. The number of methoxy groups -OCH3 is 1. The van der Waals surface area contributed by atoms with E-state index in [2.05, 4.69) is 5.32 Å². The fourth-order valence-electron chi connectivity index (χ4n) is 3.49. The highest BCUT2D eigenvalue weighted by Crippen LogP contribution is 2.29. The second-order valence-corrected chi connectivity index (χ2v) is 9.55. The predicted octanol–water partition coefficient (Wildman–Crippen LogP) is 4.61. The monoisotopic (exact) mass is 470 g/mol. The Bertz CT molecular complexity index is 1050. The standard InChI is InChI=1S/C22H28ClFN2O4S/c1-6-19(15-8-11-21(30-4)14(3)12-15)25-22(27)20(7-2)26(31(5,28)29)16-9-10-18(24)17(23)13-16/h8-13,19-20H,6-7H2,1-5H3,(H,25,27)/t19-,20-/m0/s1. The SMILES string of the molecule is CC[C@H](NC(=O)[C@H](CC)N(c1ccc(F)c(Cl)c1)S(C)(=O)=O)c1ccc(OC)c(C)c1. The van der Waals surface area contributed by atoms with Crippen molar-refractivity contribution in [3.63, 3.8) is 0 Å². The zero-order valence-electron chi connectivity index (χ0n) is 18.3. The molecule has 0 aliphatic carbocycles. The van der Waals surface area contributed by atoms with E-state index in [1.54, 1.807) is 14.0 Å². The number of aryl methyl sites for hydroxylation is 1. The van der Waals surface area contributed by atoms with Crippen LogP contribution in [0.4, 0.5) is 10.1 Å². The molecule has 0 aliphatic rings. The number of carbonyl (C=O) groups is 1. The number of halogens is 2. The lowest BCUT2D eigenvalue weighted by molar-refractivity contribution is -0.123. The van der Waals surface area contributed by atoms with E-state index in [9.17, 15) is 17.6 Å². The number of hydrogen-bond acceptors (Lipinski definition) is 4. The molecule has 0 aliphatic heterocycles. The number of amides is 1. The molecule has 2 aromatic carbocycles. The van der Waals surface area contributed by atoms with Crippen LogP contribution in [-0.2, 0) is 14.8 Å². The molecule has 0 fully saturated rings. The van der Waals surface area contributed by atoms with Crippen LogP contribution in [0.25, 0.3) is 0 Å². The molecule has 0 heterocycles. The van der Waals surface area contributed by atoms with E-state index in [0.717, 1.165) is 33.5 Å². The second-order valence-electron chi connectivity index (χ2n) is 7.28. The minimum atomic E-state index is -3.85. The lowest BCUT2D eigenvalue weighted by Gasteiger charge is -2.31. The summed E-state index contributed by atoms with van der Waals surface area (Å²) < 4.78 is 45.0. The first-order valence-electron chi connectivity index (χ1n) is 9.92. The van der Waals surface area contributed by atoms with Crippen LogP contribution < -0.4 is 14.4 Å². The predicted molar refractivity (Wildman–Crippen MR) is 122 cm³/mol. The smallest absolute Gasteiger partial charge is 0.244 e. The Kier molecular flexibility index (Phi) is 8.31. The Morgan fingerprint density at radius 2 is 1.87 bits per heavy atom. The number of sulfonamides is 1. The first-order chi connectivity index (χ1) is 14.5. The van der Waals surface area contributed by atoms with Gasteiger partial charge >= 0.3 is 0 Å². The van der Waals surface area contributed by atoms with E-state index in [0.29, 0.717) is 6.42 Å². The molecule has 2 rings (SSSR count). The third kappa shape index (κ3) is 5.89. The quantitative estimate of drug-likeness (QED) is 0.580. The zero-order valence-corrected chi connectivity index (χ0v) is 19.8. The van der Waals surface area contributed by atoms with Crippen LogP contribution in [0.3, 0.4) is 0 Å². The van der Waals surface area contributed by atoms with Crippen molar-refractivity contribution in [1.29, 1.82) is 0 Å². The van der Waals surface area contributed by atoms with Crippen LogP contribution in [-0.4, -0.2) is 33.7 Å². The Balaban J connectivity index is 2.38. The summed E-state index contributed by atoms with van der Waals surface area (Å²) in [7, 11) is -2.26. The van der Waals surface area contributed by atoms with Gasteiger partial charge in [0, 0.05) is 0 Å². The zero-order chi connectivity index (χ0) is 23.3. The van der Waals surface area contributed by atoms with E-state index >= 15 is 0 Å². The molecule has 1 amide bonds. The van der Waals surface area contributed by atoms with Gasteiger partial charge in [0.2, 0.25) is 15.9 Å². The molecule has 6 nitrogen and oxygen atoms in total. The maximum Gasteiger partial charge on any atom is 0.244 e. The number of carbonyl (C=O) groups excluding carboxylic acids is 1. The van der Waals surface area contributed by atoms with Gasteiger partial charge in [-0.15, -0.1) is 0 Å². The van der Waals surface area contributed by atoms with Crippen molar-refractivity contribution in [2.45, 2.75) is 45.7 Å². The van der Waals surface area contributed by atoms with Crippen LogP contribution in [0.5, 0.6) is 5.75 Å². The van der Waals surface area contributed by atoms with Crippen molar-refractivity contribution in [2.24, 2.45) is 0 Å². The summed E-state index contributed by atoms with van der Waals surface area (Å²) >= 11 is 5.85.